The van der Waals surface area contributed by atoms with Gasteiger partial charge in [-0.1, -0.05) is 31.2 Å². The monoisotopic (exact) mass is 291 g/mol. The lowest BCUT2D eigenvalue weighted by Crippen LogP contribution is -2.17. The van der Waals surface area contributed by atoms with Crippen LogP contribution in [0.4, 0.5) is 8.78 Å². The molecule has 0 radical (unpaired) electrons. The van der Waals surface area contributed by atoms with Crippen molar-refractivity contribution in [2.75, 3.05) is 6.54 Å². The molecule has 1 N–H and O–H groups in total. The van der Waals surface area contributed by atoms with E-state index in [2.05, 4.69) is 12.2 Å². The van der Waals surface area contributed by atoms with E-state index in [0.717, 1.165) is 18.2 Å². The van der Waals surface area contributed by atoms with E-state index < -0.39 is 11.6 Å². The summed E-state index contributed by atoms with van der Waals surface area (Å²) in [6, 6.07) is 11.9. The number of hydrogen-bond donors (Lipinski definition) is 1. The zero-order chi connectivity index (χ0) is 15.2. The lowest BCUT2D eigenvalue weighted by Gasteiger charge is -2.14. The van der Waals surface area contributed by atoms with Crippen LogP contribution in [0.1, 0.15) is 31.0 Å². The van der Waals surface area contributed by atoms with Crippen molar-refractivity contribution in [3.63, 3.8) is 0 Å². The SMILES string of the molecule is CCNC(C)c1cccc(OCc2cccc(F)c2F)c1. The van der Waals surface area contributed by atoms with E-state index >= 15 is 0 Å². The van der Waals surface area contributed by atoms with E-state index in [4.69, 9.17) is 4.74 Å². The quantitative estimate of drug-likeness (QED) is 0.860. The second-order valence-electron chi connectivity index (χ2n) is 4.85. The minimum absolute atomic E-state index is 0.00261. The van der Waals surface area contributed by atoms with Crippen molar-refractivity contribution in [2.45, 2.75) is 26.5 Å². The number of nitrogens with one attached hydrogen (secondary N) is 1. The lowest BCUT2D eigenvalue weighted by molar-refractivity contribution is 0.296. The molecule has 0 aliphatic heterocycles. The summed E-state index contributed by atoms with van der Waals surface area (Å²) in [5.74, 6) is -1.07. The summed E-state index contributed by atoms with van der Waals surface area (Å²) in [5, 5.41) is 3.31. The second kappa shape index (κ2) is 7.18. The van der Waals surface area contributed by atoms with Gasteiger partial charge in [0, 0.05) is 11.6 Å². The molecule has 21 heavy (non-hydrogen) atoms. The fraction of sp³-hybridized carbons (Fsp3) is 0.294. The first-order chi connectivity index (χ1) is 10.1. The first-order valence-electron chi connectivity index (χ1n) is 7.01. The minimum Gasteiger partial charge on any atom is -0.489 e. The largest absolute Gasteiger partial charge is 0.489 e. The topological polar surface area (TPSA) is 21.3 Å². The Kier molecular flexibility index (Phi) is 5.28. The molecule has 2 aromatic rings. The van der Waals surface area contributed by atoms with Crippen molar-refractivity contribution in [1.82, 2.24) is 5.32 Å². The summed E-state index contributed by atoms with van der Waals surface area (Å²) < 4.78 is 32.2. The predicted molar refractivity (Wildman–Crippen MR) is 79.2 cm³/mol. The van der Waals surface area contributed by atoms with E-state index in [1.165, 1.54) is 12.1 Å². The van der Waals surface area contributed by atoms with Gasteiger partial charge in [-0.15, -0.1) is 0 Å². The van der Waals surface area contributed by atoms with Gasteiger partial charge in [-0.25, -0.2) is 8.78 Å². The van der Waals surface area contributed by atoms with E-state index in [9.17, 15) is 8.78 Å². The molecule has 0 amide bonds. The fourth-order valence-corrected chi connectivity index (χ4v) is 2.12. The Morgan fingerprint density at radius 2 is 1.90 bits per heavy atom. The number of ether oxygens (including phenoxy) is 1. The van der Waals surface area contributed by atoms with Crippen molar-refractivity contribution in [3.8, 4) is 5.75 Å². The number of hydrogen-bond acceptors (Lipinski definition) is 2. The Bertz CT molecular complexity index is 601. The van der Waals surface area contributed by atoms with Crippen LogP contribution >= 0.6 is 0 Å². The molecule has 0 spiro atoms. The molecule has 112 valence electrons. The van der Waals surface area contributed by atoms with Crippen molar-refractivity contribution < 1.29 is 13.5 Å². The van der Waals surface area contributed by atoms with Gasteiger partial charge in [0.2, 0.25) is 0 Å². The maximum absolute atomic E-state index is 13.5. The van der Waals surface area contributed by atoms with Gasteiger partial charge in [0.05, 0.1) is 0 Å². The molecule has 4 heteroatoms. The van der Waals surface area contributed by atoms with Gasteiger partial charge in [-0.05, 0) is 37.2 Å². The van der Waals surface area contributed by atoms with Crippen LogP contribution in [-0.4, -0.2) is 6.54 Å². The maximum Gasteiger partial charge on any atom is 0.165 e. The lowest BCUT2D eigenvalue weighted by atomic mass is 10.1. The summed E-state index contributed by atoms with van der Waals surface area (Å²) in [6.07, 6.45) is 0. The summed E-state index contributed by atoms with van der Waals surface area (Å²) in [7, 11) is 0. The van der Waals surface area contributed by atoms with Crippen LogP contribution in [0.15, 0.2) is 42.5 Å². The number of rotatable bonds is 6. The zero-order valence-electron chi connectivity index (χ0n) is 12.2. The van der Waals surface area contributed by atoms with Crippen LogP contribution < -0.4 is 10.1 Å². The van der Waals surface area contributed by atoms with Crippen molar-refractivity contribution >= 4 is 0 Å². The second-order valence-corrected chi connectivity index (χ2v) is 4.85. The highest BCUT2D eigenvalue weighted by Crippen LogP contribution is 2.21. The summed E-state index contributed by atoms with van der Waals surface area (Å²) in [4.78, 5) is 0. The van der Waals surface area contributed by atoms with Crippen LogP contribution in [-0.2, 0) is 6.61 Å². The van der Waals surface area contributed by atoms with Crippen LogP contribution in [0.2, 0.25) is 0 Å². The van der Waals surface area contributed by atoms with Gasteiger partial charge in [-0.2, -0.15) is 0 Å². The van der Waals surface area contributed by atoms with Crippen LogP contribution in [0.3, 0.4) is 0 Å². The van der Waals surface area contributed by atoms with Crippen LogP contribution in [0.5, 0.6) is 5.75 Å². The normalized spacial score (nSPS) is 12.2. The van der Waals surface area contributed by atoms with Gasteiger partial charge in [0.1, 0.15) is 12.4 Å². The van der Waals surface area contributed by atoms with Crippen molar-refractivity contribution in [1.29, 1.82) is 0 Å². The highest BCUT2D eigenvalue weighted by atomic mass is 19.2. The fourth-order valence-electron chi connectivity index (χ4n) is 2.12. The number of benzene rings is 2. The Labute approximate surface area is 123 Å². The summed E-state index contributed by atoms with van der Waals surface area (Å²) >= 11 is 0. The molecule has 0 aliphatic rings. The molecule has 2 nitrogen and oxygen atoms in total. The highest BCUT2D eigenvalue weighted by molar-refractivity contribution is 5.31. The third-order valence-electron chi connectivity index (χ3n) is 3.29. The molecule has 0 aromatic heterocycles. The van der Waals surface area contributed by atoms with Crippen molar-refractivity contribution in [2.24, 2.45) is 0 Å². The third kappa shape index (κ3) is 4.02. The molecule has 1 atom stereocenters. The molecule has 2 rings (SSSR count). The summed E-state index contributed by atoms with van der Waals surface area (Å²) in [5.41, 5.74) is 1.30. The molecule has 0 fully saturated rings. The van der Waals surface area contributed by atoms with Crippen LogP contribution in [0, 0.1) is 11.6 Å². The van der Waals surface area contributed by atoms with Crippen LogP contribution in [0.25, 0.3) is 0 Å². The standard InChI is InChI=1S/C17H19F2NO/c1-3-20-12(2)13-6-4-8-15(10-13)21-11-14-7-5-9-16(18)17(14)19/h4-10,12,20H,3,11H2,1-2H3. The van der Waals surface area contributed by atoms with Gasteiger partial charge in [-0.3, -0.25) is 0 Å². The average molecular weight is 291 g/mol. The van der Waals surface area contributed by atoms with Gasteiger partial charge >= 0.3 is 0 Å². The Balaban J connectivity index is 2.06. The molecule has 1 unspecified atom stereocenters. The van der Waals surface area contributed by atoms with Gasteiger partial charge < -0.3 is 10.1 Å². The molecular weight excluding hydrogens is 272 g/mol. The molecule has 2 aromatic carbocycles. The highest BCUT2D eigenvalue weighted by Gasteiger charge is 2.09. The molecule has 0 saturated heterocycles. The maximum atomic E-state index is 13.5. The molecule has 0 heterocycles. The first kappa shape index (κ1) is 15.4. The molecule has 0 bridgehead atoms. The third-order valence-corrected chi connectivity index (χ3v) is 3.29. The Hall–Kier alpha value is -1.94. The minimum atomic E-state index is -0.856. The zero-order valence-corrected chi connectivity index (χ0v) is 12.2. The van der Waals surface area contributed by atoms with Gasteiger partial charge in [0.25, 0.3) is 0 Å². The number of halogens is 2. The molecule has 0 saturated carbocycles. The molecule has 0 aliphatic carbocycles. The molecular formula is C17H19F2NO. The van der Waals surface area contributed by atoms with E-state index in [-0.39, 0.29) is 18.2 Å². The Morgan fingerprint density at radius 3 is 2.67 bits per heavy atom. The van der Waals surface area contributed by atoms with Gasteiger partial charge in [0.15, 0.2) is 11.6 Å². The van der Waals surface area contributed by atoms with E-state index in [0.29, 0.717) is 5.75 Å². The Morgan fingerprint density at radius 1 is 1.14 bits per heavy atom. The smallest absolute Gasteiger partial charge is 0.165 e. The summed E-state index contributed by atoms with van der Waals surface area (Å²) in [6.45, 7) is 4.99. The first-order valence-corrected chi connectivity index (χ1v) is 7.01. The van der Waals surface area contributed by atoms with E-state index in [1.807, 2.05) is 25.1 Å². The van der Waals surface area contributed by atoms with Crippen molar-refractivity contribution in [3.05, 3.63) is 65.2 Å². The average Bonchev–Trinajstić information content (AvgIpc) is 2.49. The predicted octanol–water partition coefficient (Wildman–Crippen LogP) is 4.21. The van der Waals surface area contributed by atoms with E-state index in [1.54, 1.807) is 6.07 Å².